The van der Waals surface area contributed by atoms with E-state index >= 15 is 0 Å². The van der Waals surface area contributed by atoms with Crippen molar-refractivity contribution in [2.24, 2.45) is 0 Å². The van der Waals surface area contributed by atoms with E-state index < -0.39 is 0 Å². The molecule has 2 amide bonds. The molecule has 4 nitrogen and oxygen atoms in total. The van der Waals surface area contributed by atoms with E-state index in [1.807, 2.05) is 16.8 Å². The second-order valence-corrected chi connectivity index (χ2v) is 4.70. The number of hydrogen-bond acceptors (Lipinski definition) is 3. The predicted octanol–water partition coefficient (Wildman–Crippen LogP) is 0.685. The van der Waals surface area contributed by atoms with Crippen molar-refractivity contribution in [1.82, 2.24) is 10.6 Å². The Morgan fingerprint density at radius 2 is 2.50 bits per heavy atom. The molecule has 5 heteroatoms. The van der Waals surface area contributed by atoms with E-state index in [1.54, 1.807) is 11.3 Å². The van der Waals surface area contributed by atoms with Crippen LogP contribution in [0, 0.1) is 0 Å². The van der Waals surface area contributed by atoms with Gasteiger partial charge in [-0.05, 0) is 28.8 Å². The van der Waals surface area contributed by atoms with Crippen LogP contribution in [0.4, 0.5) is 0 Å². The Labute approximate surface area is 98.0 Å². The molecule has 2 rings (SSSR count). The number of hydrogen-bond donors (Lipinski definition) is 2. The molecule has 0 aliphatic carbocycles. The molecule has 86 valence electrons. The molecule has 1 atom stereocenters. The molecule has 0 saturated carbocycles. The number of rotatable bonds is 3. The Kier molecular flexibility index (Phi) is 3.56. The Morgan fingerprint density at radius 3 is 3.12 bits per heavy atom. The Morgan fingerprint density at radius 1 is 1.62 bits per heavy atom. The van der Waals surface area contributed by atoms with Crippen LogP contribution in [0.3, 0.4) is 0 Å². The van der Waals surface area contributed by atoms with Crippen molar-refractivity contribution < 1.29 is 9.59 Å². The lowest BCUT2D eigenvalue weighted by molar-refractivity contribution is -0.125. The lowest BCUT2D eigenvalue weighted by Crippen LogP contribution is -2.48. The van der Waals surface area contributed by atoms with Crippen LogP contribution < -0.4 is 10.6 Å². The van der Waals surface area contributed by atoms with Crippen molar-refractivity contribution in [1.29, 1.82) is 0 Å². The van der Waals surface area contributed by atoms with Gasteiger partial charge in [0.1, 0.15) is 0 Å². The SMILES string of the molecule is O=C1CCC(NC(=O)Cc2ccsc2)CN1. The summed E-state index contributed by atoms with van der Waals surface area (Å²) in [4.78, 5) is 22.6. The monoisotopic (exact) mass is 238 g/mol. The summed E-state index contributed by atoms with van der Waals surface area (Å²) in [7, 11) is 0. The van der Waals surface area contributed by atoms with Gasteiger partial charge in [0, 0.05) is 19.0 Å². The van der Waals surface area contributed by atoms with E-state index in [4.69, 9.17) is 0 Å². The highest BCUT2D eigenvalue weighted by molar-refractivity contribution is 7.07. The van der Waals surface area contributed by atoms with Crippen molar-refractivity contribution in [3.05, 3.63) is 22.4 Å². The van der Waals surface area contributed by atoms with Crippen molar-refractivity contribution in [2.75, 3.05) is 6.54 Å². The summed E-state index contributed by atoms with van der Waals surface area (Å²) in [5, 5.41) is 9.61. The molecule has 2 N–H and O–H groups in total. The number of amides is 2. The van der Waals surface area contributed by atoms with Gasteiger partial charge in [0.25, 0.3) is 0 Å². The number of carbonyl (C=O) groups is 2. The van der Waals surface area contributed by atoms with Gasteiger partial charge < -0.3 is 10.6 Å². The van der Waals surface area contributed by atoms with Gasteiger partial charge in [-0.1, -0.05) is 0 Å². The molecule has 0 spiro atoms. The van der Waals surface area contributed by atoms with Crippen molar-refractivity contribution >= 4 is 23.2 Å². The summed E-state index contributed by atoms with van der Waals surface area (Å²) < 4.78 is 0. The molecule has 1 aliphatic rings. The molecule has 1 fully saturated rings. The average Bonchev–Trinajstić information content (AvgIpc) is 2.74. The van der Waals surface area contributed by atoms with Crippen LogP contribution in [-0.4, -0.2) is 24.4 Å². The standard InChI is InChI=1S/C11H14N2O2S/c14-10-2-1-9(6-12-10)13-11(15)5-8-3-4-16-7-8/h3-4,7,9H,1-2,5-6H2,(H,12,14)(H,13,15). The van der Waals surface area contributed by atoms with Crippen molar-refractivity contribution in [2.45, 2.75) is 25.3 Å². The molecule has 0 radical (unpaired) electrons. The van der Waals surface area contributed by atoms with Gasteiger partial charge >= 0.3 is 0 Å². The molecule has 1 aliphatic heterocycles. The zero-order chi connectivity index (χ0) is 11.4. The van der Waals surface area contributed by atoms with Gasteiger partial charge in [0.15, 0.2) is 0 Å². The summed E-state index contributed by atoms with van der Waals surface area (Å²) in [6.07, 6.45) is 1.67. The maximum Gasteiger partial charge on any atom is 0.224 e. The van der Waals surface area contributed by atoms with E-state index in [-0.39, 0.29) is 17.9 Å². The molecule has 2 heterocycles. The van der Waals surface area contributed by atoms with Crippen LogP contribution in [0.5, 0.6) is 0 Å². The topological polar surface area (TPSA) is 58.2 Å². The molecular weight excluding hydrogens is 224 g/mol. The van der Waals surface area contributed by atoms with Crippen LogP contribution in [-0.2, 0) is 16.0 Å². The van der Waals surface area contributed by atoms with E-state index in [2.05, 4.69) is 10.6 Å². The highest BCUT2D eigenvalue weighted by atomic mass is 32.1. The smallest absolute Gasteiger partial charge is 0.224 e. The third-order valence-corrected chi connectivity index (χ3v) is 3.31. The molecule has 0 bridgehead atoms. The fourth-order valence-electron chi connectivity index (χ4n) is 1.71. The highest BCUT2D eigenvalue weighted by Crippen LogP contribution is 2.07. The summed E-state index contributed by atoms with van der Waals surface area (Å²) in [6, 6.07) is 2.04. The largest absolute Gasteiger partial charge is 0.354 e. The molecule has 16 heavy (non-hydrogen) atoms. The zero-order valence-electron chi connectivity index (χ0n) is 8.86. The van der Waals surface area contributed by atoms with Gasteiger partial charge in [-0.2, -0.15) is 11.3 Å². The first-order valence-corrected chi connectivity index (χ1v) is 6.25. The number of piperidine rings is 1. The van der Waals surface area contributed by atoms with Gasteiger partial charge in [0.05, 0.1) is 6.42 Å². The summed E-state index contributed by atoms with van der Waals surface area (Å²) in [6.45, 7) is 0.550. The summed E-state index contributed by atoms with van der Waals surface area (Å²) in [5.41, 5.74) is 1.04. The van der Waals surface area contributed by atoms with Gasteiger partial charge in [-0.3, -0.25) is 9.59 Å². The average molecular weight is 238 g/mol. The van der Waals surface area contributed by atoms with E-state index in [9.17, 15) is 9.59 Å². The van der Waals surface area contributed by atoms with Crippen LogP contribution in [0.2, 0.25) is 0 Å². The van der Waals surface area contributed by atoms with Crippen LogP contribution in [0.15, 0.2) is 16.8 Å². The second kappa shape index (κ2) is 5.12. The first-order valence-electron chi connectivity index (χ1n) is 5.31. The van der Waals surface area contributed by atoms with Crippen molar-refractivity contribution in [3.63, 3.8) is 0 Å². The molecule has 1 unspecified atom stereocenters. The van der Waals surface area contributed by atoms with Crippen LogP contribution in [0.1, 0.15) is 18.4 Å². The van der Waals surface area contributed by atoms with Crippen LogP contribution in [0.25, 0.3) is 0 Å². The fourth-order valence-corrected chi connectivity index (χ4v) is 2.38. The minimum atomic E-state index is 0.0274. The molecule has 1 aromatic heterocycles. The summed E-state index contributed by atoms with van der Waals surface area (Å²) in [5.74, 6) is 0.0999. The normalized spacial score (nSPS) is 20.2. The van der Waals surface area contributed by atoms with Gasteiger partial charge in [0.2, 0.25) is 11.8 Å². The summed E-state index contributed by atoms with van der Waals surface area (Å²) >= 11 is 1.59. The number of thiophene rings is 1. The lowest BCUT2D eigenvalue weighted by atomic mass is 10.1. The van der Waals surface area contributed by atoms with Crippen molar-refractivity contribution in [3.8, 4) is 0 Å². The van der Waals surface area contributed by atoms with E-state index in [0.29, 0.717) is 19.4 Å². The third-order valence-electron chi connectivity index (χ3n) is 2.58. The molecule has 1 saturated heterocycles. The van der Waals surface area contributed by atoms with E-state index in [1.165, 1.54) is 0 Å². The quantitative estimate of drug-likeness (QED) is 0.814. The van der Waals surface area contributed by atoms with Gasteiger partial charge in [-0.15, -0.1) is 0 Å². The predicted molar refractivity (Wildman–Crippen MR) is 62.2 cm³/mol. The Bertz CT molecular complexity index is 365. The lowest BCUT2D eigenvalue weighted by Gasteiger charge is -2.23. The second-order valence-electron chi connectivity index (χ2n) is 3.92. The fraction of sp³-hybridized carbons (Fsp3) is 0.455. The van der Waals surface area contributed by atoms with Gasteiger partial charge in [-0.25, -0.2) is 0 Å². The van der Waals surface area contributed by atoms with E-state index in [0.717, 1.165) is 12.0 Å². The Hall–Kier alpha value is -1.36. The van der Waals surface area contributed by atoms with Crippen LogP contribution >= 0.6 is 11.3 Å². The molecule has 0 aromatic carbocycles. The highest BCUT2D eigenvalue weighted by Gasteiger charge is 2.19. The first-order chi connectivity index (χ1) is 7.74. The minimum Gasteiger partial charge on any atom is -0.354 e. The Balaban J connectivity index is 1.77. The molecule has 1 aromatic rings. The maximum atomic E-state index is 11.6. The minimum absolute atomic E-state index is 0.0274. The zero-order valence-corrected chi connectivity index (χ0v) is 9.68. The number of carbonyl (C=O) groups excluding carboxylic acids is 2. The molecular formula is C11H14N2O2S. The number of nitrogens with one attached hydrogen (secondary N) is 2. The third kappa shape index (κ3) is 3.06. The maximum absolute atomic E-state index is 11.6. The first kappa shape index (κ1) is 11.1.